The van der Waals surface area contributed by atoms with Crippen molar-refractivity contribution in [2.24, 2.45) is 5.73 Å². The lowest BCUT2D eigenvalue weighted by Crippen LogP contribution is -2.14. The minimum Gasteiger partial charge on any atom is -0.386 e. The first-order valence-corrected chi connectivity index (χ1v) is 6.14. The number of amides is 1. The van der Waals surface area contributed by atoms with E-state index in [-0.39, 0.29) is 12.1 Å². The van der Waals surface area contributed by atoms with Crippen LogP contribution < -0.4 is 11.1 Å². The highest BCUT2D eigenvalue weighted by Gasteiger charge is 2.11. The molecule has 0 heterocycles. The van der Waals surface area contributed by atoms with Gasteiger partial charge in [0.15, 0.2) is 0 Å². The molecule has 4 N–H and O–H groups in total. The molecule has 0 aromatic heterocycles. The largest absolute Gasteiger partial charge is 0.386 e. The Hall–Kier alpha value is -2.40. The number of halogens is 1. The van der Waals surface area contributed by atoms with Crippen LogP contribution in [-0.2, 0) is 0 Å². The first kappa shape index (κ1) is 14.0. The van der Waals surface area contributed by atoms with E-state index in [9.17, 15) is 14.3 Å². The first-order valence-electron chi connectivity index (χ1n) is 6.14. The molecule has 0 saturated heterocycles. The maximum absolute atomic E-state index is 13.5. The van der Waals surface area contributed by atoms with E-state index in [0.29, 0.717) is 11.3 Å². The van der Waals surface area contributed by atoms with Crippen molar-refractivity contribution in [1.29, 1.82) is 0 Å². The zero-order valence-electron chi connectivity index (χ0n) is 10.7. The quantitative estimate of drug-likeness (QED) is 0.781. The molecule has 0 saturated carbocycles. The molecule has 2 aromatic carbocycles. The summed E-state index contributed by atoms with van der Waals surface area (Å²) < 4.78 is 13.5. The van der Waals surface area contributed by atoms with Gasteiger partial charge in [-0.2, -0.15) is 0 Å². The SMILES string of the molecule is NC(=O)c1ccc(NCC(O)c2ccccc2F)cc1. The highest BCUT2D eigenvalue weighted by Crippen LogP contribution is 2.18. The molecule has 1 unspecified atom stereocenters. The smallest absolute Gasteiger partial charge is 0.248 e. The molecule has 0 radical (unpaired) electrons. The van der Waals surface area contributed by atoms with E-state index in [0.717, 1.165) is 0 Å². The standard InChI is InChI=1S/C15H15FN2O2/c16-13-4-2-1-3-12(13)14(19)9-18-11-7-5-10(6-8-11)15(17)20/h1-8,14,18-19H,9H2,(H2,17,20). The number of rotatable bonds is 5. The second kappa shape index (κ2) is 6.16. The predicted octanol–water partition coefficient (Wildman–Crippen LogP) is 2.07. The summed E-state index contributed by atoms with van der Waals surface area (Å²) in [7, 11) is 0. The van der Waals surface area contributed by atoms with Gasteiger partial charge >= 0.3 is 0 Å². The van der Waals surface area contributed by atoms with Crippen molar-refractivity contribution in [1.82, 2.24) is 0 Å². The van der Waals surface area contributed by atoms with E-state index in [1.54, 1.807) is 36.4 Å². The van der Waals surface area contributed by atoms with Gasteiger partial charge in [0.05, 0.1) is 6.10 Å². The van der Waals surface area contributed by atoms with Crippen LogP contribution in [0.15, 0.2) is 48.5 Å². The van der Waals surface area contributed by atoms with E-state index in [2.05, 4.69) is 5.32 Å². The molecule has 20 heavy (non-hydrogen) atoms. The Kier molecular flexibility index (Phi) is 4.32. The number of hydrogen-bond acceptors (Lipinski definition) is 3. The van der Waals surface area contributed by atoms with Gasteiger partial charge in [-0.3, -0.25) is 4.79 Å². The Bertz CT molecular complexity index is 599. The molecule has 0 spiro atoms. The summed E-state index contributed by atoms with van der Waals surface area (Å²) in [6.45, 7) is 0.164. The van der Waals surface area contributed by atoms with E-state index < -0.39 is 17.8 Å². The van der Waals surface area contributed by atoms with Crippen molar-refractivity contribution in [2.45, 2.75) is 6.10 Å². The molecule has 2 aromatic rings. The first-order chi connectivity index (χ1) is 9.58. The van der Waals surface area contributed by atoms with Gasteiger partial charge in [0.2, 0.25) is 5.91 Å². The second-order valence-corrected chi connectivity index (χ2v) is 4.36. The number of carbonyl (C=O) groups excluding carboxylic acids is 1. The maximum Gasteiger partial charge on any atom is 0.248 e. The zero-order chi connectivity index (χ0) is 14.5. The molecule has 104 valence electrons. The van der Waals surface area contributed by atoms with Crippen LogP contribution in [0, 0.1) is 5.82 Å². The lowest BCUT2D eigenvalue weighted by molar-refractivity contribution is 0.100. The Balaban J connectivity index is 1.98. The number of aliphatic hydroxyl groups is 1. The minimum atomic E-state index is -0.952. The topological polar surface area (TPSA) is 75.4 Å². The van der Waals surface area contributed by atoms with Gasteiger partial charge in [0, 0.05) is 23.4 Å². The number of nitrogens with one attached hydrogen (secondary N) is 1. The number of aliphatic hydroxyl groups excluding tert-OH is 1. The van der Waals surface area contributed by atoms with Crippen LogP contribution in [0.2, 0.25) is 0 Å². The Morgan fingerprint density at radius 2 is 1.85 bits per heavy atom. The zero-order valence-corrected chi connectivity index (χ0v) is 10.7. The number of hydrogen-bond donors (Lipinski definition) is 3. The number of anilines is 1. The van der Waals surface area contributed by atoms with Crippen LogP contribution in [0.3, 0.4) is 0 Å². The lowest BCUT2D eigenvalue weighted by Gasteiger charge is -2.14. The molecule has 0 aliphatic heterocycles. The monoisotopic (exact) mass is 274 g/mol. The molecule has 4 nitrogen and oxygen atoms in total. The van der Waals surface area contributed by atoms with Crippen molar-refractivity contribution >= 4 is 11.6 Å². The number of benzene rings is 2. The third kappa shape index (κ3) is 3.33. The maximum atomic E-state index is 13.5. The summed E-state index contributed by atoms with van der Waals surface area (Å²) in [4.78, 5) is 10.9. The van der Waals surface area contributed by atoms with Crippen LogP contribution in [0.1, 0.15) is 22.0 Å². The Labute approximate surface area is 116 Å². The summed E-state index contributed by atoms with van der Waals surface area (Å²) in [5.74, 6) is -0.936. The number of carbonyl (C=O) groups is 1. The molecule has 0 fully saturated rings. The third-order valence-corrected chi connectivity index (χ3v) is 2.93. The van der Waals surface area contributed by atoms with Gasteiger partial charge in [-0.25, -0.2) is 4.39 Å². The van der Waals surface area contributed by atoms with Crippen LogP contribution in [0.5, 0.6) is 0 Å². The van der Waals surface area contributed by atoms with E-state index in [4.69, 9.17) is 5.73 Å². The van der Waals surface area contributed by atoms with Crippen molar-refractivity contribution in [3.8, 4) is 0 Å². The minimum absolute atomic E-state index is 0.164. The van der Waals surface area contributed by atoms with Crippen molar-refractivity contribution in [2.75, 3.05) is 11.9 Å². The summed E-state index contributed by atoms with van der Waals surface area (Å²) in [6, 6.07) is 12.6. The Morgan fingerprint density at radius 3 is 2.45 bits per heavy atom. The molecule has 2 rings (SSSR count). The molecule has 0 aliphatic carbocycles. The van der Waals surface area contributed by atoms with Crippen LogP contribution >= 0.6 is 0 Å². The van der Waals surface area contributed by atoms with Gasteiger partial charge < -0.3 is 16.2 Å². The van der Waals surface area contributed by atoms with Gasteiger partial charge in [0.1, 0.15) is 5.82 Å². The lowest BCUT2D eigenvalue weighted by atomic mass is 10.1. The highest BCUT2D eigenvalue weighted by atomic mass is 19.1. The fourth-order valence-electron chi connectivity index (χ4n) is 1.82. The summed E-state index contributed by atoms with van der Waals surface area (Å²) in [5.41, 5.74) is 6.50. The molecule has 5 heteroatoms. The van der Waals surface area contributed by atoms with E-state index in [1.165, 1.54) is 12.1 Å². The Morgan fingerprint density at radius 1 is 1.20 bits per heavy atom. The summed E-state index contributed by atoms with van der Waals surface area (Å²) in [5, 5.41) is 12.9. The summed E-state index contributed by atoms with van der Waals surface area (Å²) in [6.07, 6.45) is -0.952. The molecule has 0 bridgehead atoms. The highest BCUT2D eigenvalue weighted by molar-refractivity contribution is 5.93. The van der Waals surface area contributed by atoms with Crippen LogP contribution in [0.4, 0.5) is 10.1 Å². The number of primary amides is 1. The van der Waals surface area contributed by atoms with Crippen molar-refractivity contribution < 1.29 is 14.3 Å². The number of nitrogens with two attached hydrogens (primary N) is 1. The van der Waals surface area contributed by atoms with Gasteiger partial charge in [-0.15, -0.1) is 0 Å². The van der Waals surface area contributed by atoms with Crippen molar-refractivity contribution in [3.63, 3.8) is 0 Å². The van der Waals surface area contributed by atoms with Crippen LogP contribution in [-0.4, -0.2) is 17.6 Å². The fraction of sp³-hybridized carbons (Fsp3) is 0.133. The molecule has 0 aliphatic rings. The van der Waals surface area contributed by atoms with Gasteiger partial charge in [0.25, 0.3) is 0 Å². The van der Waals surface area contributed by atoms with E-state index >= 15 is 0 Å². The van der Waals surface area contributed by atoms with Crippen molar-refractivity contribution in [3.05, 3.63) is 65.5 Å². The average Bonchev–Trinajstić information content (AvgIpc) is 2.45. The molecular weight excluding hydrogens is 259 g/mol. The molecule has 1 amide bonds. The third-order valence-electron chi connectivity index (χ3n) is 2.93. The molecule has 1 atom stereocenters. The molecular formula is C15H15FN2O2. The second-order valence-electron chi connectivity index (χ2n) is 4.36. The summed E-state index contributed by atoms with van der Waals surface area (Å²) >= 11 is 0. The van der Waals surface area contributed by atoms with Crippen LogP contribution in [0.25, 0.3) is 0 Å². The van der Waals surface area contributed by atoms with Gasteiger partial charge in [-0.1, -0.05) is 18.2 Å². The fourth-order valence-corrected chi connectivity index (χ4v) is 1.82. The average molecular weight is 274 g/mol. The van der Waals surface area contributed by atoms with Gasteiger partial charge in [-0.05, 0) is 30.3 Å². The van der Waals surface area contributed by atoms with E-state index in [1.807, 2.05) is 0 Å². The normalized spacial score (nSPS) is 11.9. The predicted molar refractivity (Wildman–Crippen MR) is 74.8 cm³/mol.